The van der Waals surface area contributed by atoms with Gasteiger partial charge in [0, 0.05) is 43.4 Å². The average Bonchev–Trinajstić information content (AvgIpc) is 3.75. The third-order valence-electron chi connectivity index (χ3n) is 13.5. The van der Waals surface area contributed by atoms with Crippen LogP contribution >= 0.6 is 0 Å². The molecule has 2 fully saturated rings. The van der Waals surface area contributed by atoms with E-state index in [1.165, 1.54) is 43.1 Å². The highest BCUT2D eigenvalue weighted by Crippen LogP contribution is 2.29. The molecule has 7 amide bonds. The number of unbranched alkanes of at least 4 members (excludes halogenated alkanes) is 2. The lowest BCUT2D eigenvalue weighted by Gasteiger charge is -2.44. The second-order valence-electron chi connectivity index (χ2n) is 19.2. The molecule has 1 aromatic heterocycles. The van der Waals surface area contributed by atoms with Gasteiger partial charge in [-0.25, -0.2) is 4.79 Å². The highest BCUT2D eigenvalue weighted by atomic mass is 16.5. The van der Waals surface area contributed by atoms with Gasteiger partial charge in [-0.05, 0) is 67.3 Å². The number of aliphatic carboxylic acids is 1. The number of benzene rings is 2. The van der Waals surface area contributed by atoms with Crippen molar-refractivity contribution in [2.45, 2.75) is 160 Å². The Morgan fingerprint density at radius 3 is 2.21 bits per heavy atom. The minimum Gasteiger partial charge on any atom is -0.508 e. The van der Waals surface area contributed by atoms with Crippen molar-refractivity contribution in [3.63, 3.8) is 0 Å². The van der Waals surface area contributed by atoms with Crippen molar-refractivity contribution in [3.05, 3.63) is 65.9 Å². The summed E-state index contributed by atoms with van der Waals surface area (Å²) in [7, 11) is 1.40. The summed E-state index contributed by atoms with van der Waals surface area (Å²) in [6, 6.07) is 2.40. The second-order valence-corrected chi connectivity index (χ2v) is 19.2. The van der Waals surface area contributed by atoms with Crippen molar-refractivity contribution in [1.29, 1.82) is 0 Å². The molecule has 0 aliphatic carbocycles. The molecule has 5 rings (SSSR count). The smallest absolute Gasteiger partial charge is 0.329 e. The molecule has 3 heterocycles. The fourth-order valence-electron chi connectivity index (χ4n) is 9.02. The number of hydrogen-bond acceptors (Lipinski definition) is 12. The number of carboxylic acids is 1. The van der Waals surface area contributed by atoms with Crippen LogP contribution in [0.5, 0.6) is 5.75 Å². The molecule has 3 aromatic rings. The minimum atomic E-state index is -1.88. The number of aliphatic hydroxyl groups is 1. The van der Waals surface area contributed by atoms with Gasteiger partial charge in [0.25, 0.3) is 0 Å². The Hall–Kier alpha value is -7.03. The number of aromatic nitrogens is 1. The van der Waals surface area contributed by atoms with E-state index in [9.17, 15) is 53.7 Å². The largest absolute Gasteiger partial charge is 0.508 e. The molecule has 9 N–H and O–H groups in total. The van der Waals surface area contributed by atoms with Crippen molar-refractivity contribution in [2.75, 3.05) is 7.05 Å². The summed E-state index contributed by atoms with van der Waals surface area (Å²) in [6.07, 6.45) is -0.525. The molecule has 2 bridgehead atoms. The van der Waals surface area contributed by atoms with Crippen LogP contribution in [-0.4, -0.2) is 145 Å². The predicted octanol–water partition coefficient (Wildman–Crippen LogP) is 1.92. The SMILES string of the molecule is CCCCCC(=O)N[C@@H](CC(=O)O)C(=O)N[C@@H]1C(=O)NC(Cc2ccc(O)cc2)C(=O)N[C@H]2CC[C@@H](O)N(C2=O)[C@@H]([C@@H](C)CC)C(=O)N(C)[C@@H](Cc2c[nH]c3ccccc23)C(=O)N[C@@H](C(C)C)C(=O)O[C@@H]1C. The van der Waals surface area contributed by atoms with Crippen molar-refractivity contribution >= 4 is 64.2 Å². The van der Waals surface area contributed by atoms with Crippen LogP contribution in [0.3, 0.4) is 0 Å². The van der Waals surface area contributed by atoms with Crippen LogP contribution in [0.1, 0.15) is 104 Å². The summed E-state index contributed by atoms with van der Waals surface area (Å²) in [5.41, 5.74) is 1.82. The zero-order valence-electron chi connectivity index (χ0n) is 41.9. The number of rotatable bonds is 16. The third kappa shape index (κ3) is 14.1. The van der Waals surface area contributed by atoms with E-state index in [-0.39, 0.29) is 37.9 Å². The third-order valence-corrected chi connectivity index (χ3v) is 13.5. The Morgan fingerprint density at radius 1 is 0.861 bits per heavy atom. The number of hydrogen-bond donors (Lipinski definition) is 9. The summed E-state index contributed by atoms with van der Waals surface area (Å²) >= 11 is 0. The molecule has 2 aliphatic rings. The molecule has 0 radical (unpaired) electrons. The topological polar surface area (TPSA) is 306 Å². The molecular weight excluding hydrogens is 933 g/mol. The predicted molar refractivity (Wildman–Crippen MR) is 262 cm³/mol. The molecule has 2 aliphatic heterocycles. The van der Waals surface area contributed by atoms with Crippen LogP contribution in [0.2, 0.25) is 0 Å². The maximum atomic E-state index is 15.1. The Kier molecular flexibility index (Phi) is 19.7. The van der Waals surface area contributed by atoms with Crippen molar-refractivity contribution in [1.82, 2.24) is 41.4 Å². The van der Waals surface area contributed by atoms with Gasteiger partial charge in [0.2, 0.25) is 41.4 Å². The molecular formula is C51H70N8O13. The van der Waals surface area contributed by atoms with Gasteiger partial charge >= 0.3 is 11.9 Å². The van der Waals surface area contributed by atoms with Gasteiger partial charge in [-0.3, -0.25) is 38.4 Å². The summed E-state index contributed by atoms with van der Waals surface area (Å²) in [4.78, 5) is 133. The van der Waals surface area contributed by atoms with E-state index in [0.717, 1.165) is 22.2 Å². The second kappa shape index (κ2) is 25.4. The highest BCUT2D eigenvalue weighted by molar-refractivity contribution is 5.99. The Morgan fingerprint density at radius 2 is 1.56 bits per heavy atom. The number of aromatic hydroxyl groups is 1. The number of ether oxygens (including phenoxy) is 1. The Bertz CT molecular complexity index is 2440. The number of aromatic amines is 1. The number of H-pyrrole nitrogens is 1. The molecule has 10 atom stereocenters. The maximum absolute atomic E-state index is 15.1. The molecule has 0 spiro atoms. The number of para-hydroxylation sites is 1. The van der Waals surface area contributed by atoms with Crippen LogP contribution in [0, 0.1) is 11.8 Å². The molecule has 392 valence electrons. The lowest BCUT2D eigenvalue weighted by Crippen LogP contribution is -2.66. The summed E-state index contributed by atoms with van der Waals surface area (Å²) in [5, 5.41) is 45.0. The minimum absolute atomic E-state index is 0.0172. The number of likely N-dealkylation sites (N-methyl/N-ethyl adjacent to an activating group) is 1. The first-order valence-electron chi connectivity index (χ1n) is 24.7. The van der Waals surface area contributed by atoms with E-state index < -0.39 is 126 Å². The van der Waals surface area contributed by atoms with Crippen molar-refractivity contribution in [3.8, 4) is 5.75 Å². The Labute approximate surface area is 418 Å². The standard InChI is InChI=1S/C51H70N8O13/c1-8-10-11-16-39(61)53-37(25-41(63)64)46(66)57-43-29(6)72-51(71)42(27(3)4)56-47(67)38(24-31-26-52-34-15-13-12-14-33(31)34)58(7)50(70)44(28(5)9-2)59-40(62)22-21-35(49(59)69)54-45(65)36(55-48(43)68)23-30-17-19-32(60)20-18-30/h12-15,17-20,26-29,35-38,40,42-44,52,60,62H,8-11,16,21-25H2,1-7H3,(H,53,61)(H,54,65)(H,55,68)(H,56,67)(H,57,66)(H,63,64)/t28-,29+,35-,36?,37-,38-,40+,42-,43-,44-/m0/s1. The quantitative estimate of drug-likeness (QED) is 0.0733. The first kappa shape index (κ1) is 55.9. The van der Waals surface area contributed by atoms with Crippen LogP contribution in [0.15, 0.2) is 54.7 Å². The van der Waals surface area contributed by atoms with E-state index in [4.69, 9.17) is 4.74 Å². The summed E-state index contributed by atoms with van der Waals surface area (Å²) in [6.45, 7) is 9.94. The number of piperidine rings is 1. The van der Waals surface area contributed by atoms with Gasteiger partial charge in [0.15, 0.2) is 0 Å². The number of amides is 7. The van der Waals surface area contributed by atoms with Crippen molar-refractivity contribution < 1.29 is 63.2 Å². The highest BCUT2D eigenvalue weighted by Gasteiger charge is 2.47. The number of phenols is 1. The van der Waals surface area contributed by atoms with Crippen LogP contribution in [0.25, 0.3) is 10.9 Å². The number of carbonyl (C=O) groups excluding carboxylic acids is 8. The zero-order valence-corrected chi connectivity index (χ0v) is 41.9. The van der Waals surface area contributed by atoms with Gasteiger partial charge in [-0.2, -0.15) is 0 Å². The zero-order chi connectivity index (χ0) is 53.0. The average molecular weight is 1000 g/mol. The molecule has 72 heavy (non-hydrogen) atoms. The summed E-state index contributed by atoms with van der Waals surface area (Å²) < 4.78 is 5.89. The van der Waals surface area contributed by atoms with E-state index in [1.54, 1.807) is 33.9 Å². The summed E-state index contributed by atoms with van der Waals surface area (Å²) in [5.74, 6) is -9.97. The van der Waals surface area contributed by atoms with E-state index in [2.05, 4.69) is 31.6 Å². The molecule has 21 nitrogen and oxygen atoms in total. The number of aliphatic hydroxyl groups excluding tert-OH is 1. The lowest BCUT2D eigenvalue weighted by molar-refractivity contribution is -0.168. The first-order valence-corrected chi connectivity index (χ1v) is 24.7. The molecule has 21 heteroatoms. The van der Waals surface area contributed by atoms with Gasteiger partial charge < -0.3 is 61.4 Å². The van der Waals surface area contributed by atoms with E-state index in [0.29, 0.717) is 30.4 Å². The fourth-order valence-corrected chi connectivity index (χ4v) is 9.02. The van der Waals surface area contributed by atoms with Gasteiger partial charge in [-0.15, -0.1) is 0 Å². The molecule has 1 unspecified atom stereocenters. The number of nitrogens with one attached hydrogen (secondary N) is 6. The Balaban J connectivity index is 1.63. The van der Waals surface area contributed by atoms with Gasteiger partial charge in [0.1, 0.15) is 60.4 Å². The number of nitrogens with zero attached hydrogens (tertiary/aromatic N) is 2. The van der Waals surface area contributed by atoms with Crippen LogP contribution in [-0.2, 0) is 60.7 Å². The number of phenolic OH excluding ortho intramolecular Hbond substituents is 1. The normalized spacial score (nSPS) is 24.7. The number of esters is 1. The van der Waals surface area contributed by atoms with E-state index >= 15 is 4.79 Å². The molecule has 2 saturated heterocycles. The van der Waals surface area contributed by atoms with Crippen LogP contribution < -0.4 is 26.6 Å². The van der Waals surface area contributed by atoms with E-state index in [1.807, 2.05) is 31.2 Å². The number of fused-ring (bicyclic) bond motifs is 3. The van der Waals surface area contributed by atoms with Crippen LogP contribution in [0.4, 0.5) is 0 Å². The lowest BCUT2D eigenvalue weighted by atomic mass is 9.91. The fraction of sp³-hybridized carbons (Fsp3) is 0.549. The molecule has 0 saturated carbocycles. The number of carbonyl (C=O) groups is 9. The van der Waals surface area contributed by atoms with Gasteiger partial charge in [0.05, 0.1) is 6.42 Å². The maximum Gasteiger partial charge on any atom is 0.329 e. The monoisotopic (exact) mass is 1000 g/mol. The van der Waals surface area contributed by atoms with Crippen molar-refractivity contribution in [2.24, 2.45) is 11.8 Å². The molecule has 2 aromatic carbocycles. The first-order chi connectivity index (χ1) is 34.1. The number of carboxylic acid groups (broad SMARTS) is 1. The van der Waals surface area contributed by atoms with Gasteiger partial charge in [-0.1, -0.05) is 84.2 Å². The number of cyclic esters (lactones) is 1.